The summed E-state index contributed by atoms with van der Waals surface area (Å²) in [5, 5.41) is 2.72. The van der Waals surface area contributed by atoms with Gasteiger partial charge in [0.1, 0.15) is 5.75 Å². The third kappa shape index (κ3) is 3.87. The molecule has 174 valence electrons. The van der Waals surface area contributed by atoms with Crippen molar-refractivity contribution < 1.29 is 32.2 Å². The number of benzene rings is 2. The summed E-state index contributed by atoms with van der Waals surface area (Å²) >= 11 is 0. The van der Waals surface area contributed by atoms with Gasteiger partial charge in [-0.15, -0.1) is 0 Å². The second-order valence-corrected chi connectivity index (χ2v) is 9.86. The molecule has 2 amide bonds. The predicted molar refractivity (Wildman–Crippen MR) is 117 cm³/mol. The summed E-state index contributed by atoms with van der Waals surface area (Å²) in [5.41, 5.74) is 0.800. The molecule has 0 aliphatic carbocycles. The minimum absolute atomic E-state index is 0.0654. The van der Waals surface area contributed by atoms with Crippen LogP contribution in [0.15, 0.2) is 41.3 Å². The maximum absolute atomic E-state index is 13.2. The minimum atomic E-state index is -3.80. The summed E-state index contributed by atoms with van der Waals surface area (Å²) < 4.78 is 44.0. The number of carbonyl (C=O) groups excluding carboxylic acids is 2. The van der Waals surface area contributed by atoms with Crippen molar-refractivity contribution in [1.29, 1.82) is 0 Å². The fraction of sp³-hybridized carbons (Fsp3) is 0.364. The number of amides is 2. The van der Waals surface area contributed by atoms with Gasteiger partial charge in [0.2, 0.25) is 16.8 Å². The first kappa shape index (κ1) is 21.5. The van der Waals surface area contributed by atoms with E-state index >= 15 is 0 Å². The van der Waals surface area contributed by atoms with Gasteiger partial charge >= 0.3 is 0 Å². The lowest BCUT2D eigenvalue weighted by Gasteiger charge is -2.34. The van der Waals surface area contributed by atoms with E-state index in [4.69, 9.17) is 14.2 Å². The van der Waals surface area contributed by atoms with Gasteiger partial charge in [0, 0.05) is 31.7 Å². The van der Waals surface area contributed by atoms with Crippen LogP contribution in [0.4, 0.5) is 5.69 Å². The number of hydrogen-bond acceptors (Lipinski definition) is 7. The molecule has 3 aliphatic rings. The van der Waals surface area contributed by atoms with Crippen LogP contribution in [0.1, 0.15) is 23.7 Å². The zero-order chi connectivity index (χ0) is 23.2. The Labute approximate surface area is 191 Å². The van der Waals surface area contributed by atoms with Crippen LogP contribution >= 0.6 is 0 Å². The van der Waals surface area contributed by atoms with Crippen LogP contribution in [0, 0.1) is 0 Å². The average Bonchev–Trinajstić information content (AvgIpc) is 3.31. The van der Waals surface area contributed by atoms with E-state index in [1.54, 1.807) is 29.2 Å². The van der Waals surface area contributed by atoms with Crippen molar-refractivity contribution in [2.24, 2.45) is 0 Å². The molecule has 11 heteroatoms. The van der Waals surface area contributed by atoms with Crippen LogP contribution in [-0.4, -0.2) is 68.5 Å². The second kappa shape index (κ2) is 8.23. The summed E-state index contributed by atoms with van der Waals surface area (Å²) in [6, 6.07) is 9.45. The maximum atomic E-state index is 13.2. The Morgan fingerprint density at radius 1 is 1.03 bits per heavy atom. The highest BCUT2D eigenvalue weighted by molar-refractivity contribution is 7.89. The van der Waals surface area contributed by atoms with Gasteiger partial charge in [-0.1, -0.05) is 6.92 Å². The molecule has 3 heterocycles. The van der Waals surface area contributed by atoms with E-state index in [9.17, 15) is 18.0 Å². The third-order valence-electron chi connectivity index (χ3n) is 5.92. The Bertz CT molecular complexity index is 1220. The molecule has 0 saturated carbocycles. The van der Waals surface area contributed by atoms with Gasteiger partial charge in [-0.3, -0.25) is 9.59 Å². The van der Waals surface area contributed by atoms with Crippen molar-refractivity contribution in [3.8, 4) is 17.2 Å². The summed E-state index contributed by atoms with van der Waals surface area (Å²) in [7, 11) is -3.80. The molecule has 1 N–H and O–H groups in total. The molecule has 2 aromatic carbocycles. The number of ether oxygens (including phenoxy) is 3. The predicted octanol–water partition coefficient (Wildman–Crippen LogP) is 1.67. The van der Waals surface area contributed by atoms with Gasteiger partial charge in [-0.25, -0.2) is 8.42 Å². The van der Waals surface area contributed by atoms with Crippen molar-refractivity contribution >= 4 is 27.5 Å². The van der Waals surface area contributed by atoms with Crippen molar-refractivity contribution in [1.82, 2.24) is 9.21 Å². The molecule has 3 aliphatic heterocycles. The van der Waals surface area contributed by atoms with Gasteiger partial charge in [0.15, 0.2) is 17.6 Å². The van der Waals surface area contributed by atoms with Gasteiger partial charge < -0.3 is 24.4 Å². The van der Waals surface area contributed by atoms with Crippen molar-refractivity contribution in [3.63, 3.8) is 0 Å². The zero-order valence-electron chi connectivity index (χ0n) is 17.9. The lowest BCUT2D eigenvalue weighted by atomic mass is 10.1. The van der Waals surface area contributed by atoms with Crippen LogP contribution in [0.3, 0.4) is 0 Å². The molecule has 0 bridgehead atoms. The van der Waals surface area contributed by atoms with E-state index in [2.05, 4.69) is 5.32 Å². The van der Waals surface area contributed by atoms with Gasteiger partial charge in [0.25, 0.3) is 11.8 Å². The largest absolute Gasteiger partial charge is 0.478 e. The molecule has 0 radical (unpaired) electrons. The summed E-state index contributed by atoms with van der Waals surface area (Å²) in [4.78, 5) is 26.6. The van der Waals surface area contributed by atoms with E-state index in [0.717, 1.165) is 0 Å². The number of rotatable bonds is 4. The van der Waals surface area contributed by atoms with Gasteiger partial charge in [-0.05, 0) is 42.8 Å². The molecular formula is C22H23N3O7S. The van der Waals surface area contributed by atoms with Gasteiger partial charge in [0.05, 0.1) is 10.6 Å². The molecule has 33 heavy (non-hydrogen) atoms. The van der Waals surface area contributed by atoms with Crippen molar-refractivity contribution in [3.05, 3.63) is 42.0 Å². The minimum Gasteiger partial charge on any atom is -0.478 e. The lowest BCUT2D eigenvalue weighted by Crippen LogP contribution is -2.50. The standard InChI is InChI=1S/C22H23N3O7S/c1-2-17-21(26)23-16-12-15(4-6-18(16)32-17)33(28,29)25-9-7-24(8-10-25)22(27)14-3-5-19-20(11-14)31-13-30-19/h3-6,11-12,17H,2,7-10,13H2,1H3,(H,23,26)/t17-/m1/s1. The molecule has 1 atom stereocenters. The van der Waals surface area contributed by atoms with E-state index in [0.29, 0.717) is 34.9 Å². The van der Waals surface area contributed by atoms with E-state index in [1.807, 2.05) is 6.92 Å². The second-order valence-electron chi connectivity index (χ2n) is 7.93. The number of carbonyl (C=O) groups is 2. The Morgan fingerprint density at radius 3 is 2.52 bits per heavy atom. The molecule has 0 spiro atoms. The molecule has 1 fully saturated rings. The van der Waals surface area contributed by atoms with Crippen LogP contribution in [-0.2, 0) is 14.8 Å². The number of piperazine rings is 1. The lowest BCUT2D eigenvalue weighted by molar-refractivity contribution is -0.123. The van der Waals surface area contributed by atoms with Crippen molar-refractivity contribution in [2.45, 2.75) is 24.3 Å². The fourth-order valence-electron chi connectivity index (χ4n) is 4.05. The van der Waals surface area contributed by atoms with E-state index in [-0.39, 0.29) is 49.7 Å². The maximum Gasteiger partial charge on any atom is 0.265 e. The molecule has 10 nitrogen and oxygen atoms in total. The normalized spacial score (nSPS) is 20.1. The number of hydrogen-bond donors (Lipinski definition) is 1. The summed E-state index contributed by atoms with van der Waals surface area (Å²) in [5.74, 6) is 1.08. The molecule has 1 saturated heterocycles. The zero-order valence-corrected chi connectivity index (χ0v) is 18.8. The smallest absolute Gasteiger partial charge is 0.265 e. The monoisotopic (exact) mass is 473 g/mol. The van der Waals surface area contributed by atoms with Crippen LogP contribution in [0.5, 0.6) is 17.2 Å². The molecule has 0 unspecified atom stereocenters. The number of anilines is 1. The van der Waals surface area contributed by atoms with E-state index < -0.39 is 16.1 Å². The molecule has 5 rings (SSSR count). The highest BCUT2D eigenvalue weighted by atomic mass is 32.2. The number of sulfonamides is 1. The fourth-order valence-corrected chi connectivity index (χ4v) is 5.50. The Balaban J connectivity index is 1.27. The molecular weight excluding hydrogens is 450 g/mol. The Hall–Kier alpha value is -3.31. The Kier molecular flexibility index (Phi) is 5.37. The SMILES string of the molecule is CC[C@H]1Oc2ccc(S(=O)(=O)N3CCN(C(=O)c4ccc5c(c4)OCO5)CC3)cc2NC1=O. The highest BCUT2D eigenvalue weighted by Crippen LogP contribution is 2.34. The quantitative estimate of drug-likeness (QED) is 0.718. The van der Waals surface area contributed by atoms with Gasteiger partial charge in [-0.2, -0.15) is 4.31 Å². The number of nitrogens with one attached hydrogen (secondary N) is 1. The first-order valence-corrected chi connectivity index (χ1v) is 12.1. The summed E-state index contributed by atoms with van der Waals surface area (Å²) in [6.45, 7) is 2.81. The van der Waals surface area contributed by atoms with Crippen LogP contribution in [0.2, 0.25) is 0 Å². The van der Waals surface area contributed by atoms with Crippen molar-refractivity contribution in [2.75, 3.05) is 38.3 Å². The number of nitrogens with zero attached hydrogens (tertiary/aromatic N) is 2. The molecule has 0 aromatic heterocycles. The molecule has 2 aromatic rings. The first-order valence-electron chi connectivity index (χ1n) is 10.7. The van der Waals surface area contributed by atoms with Crippen LogP contribution < -0.4 is 19.5 Å². The number of fused-ring (bicyclic) bond motifs is 2. The topological polar surface area (TPSA) is 114 Å². The summed E-state index contributed by atoms with van der Waals surface area (Å²) in [6.07, 6.45) is -0.0732. The van der Waals surface area contributed by atoms with E-state index in [1.165, 1.54) is 16.4 Å². The van der Waals surface area contributed by atoms with Crippen LogP contribution in [0.25, 0.3) is 0 Å². The average molecular weight is 474 g/mol. The Morgan fingerprint density at radius 2 is 1.76 bits per heavy atom. The third-order valence-corrected chi connectivity index (χ3v) is 7.82. The highest BCUT2D eigenvalue weighted by Gasteiger charge is 2.33. The first-order chi connectivity index (χ1) is 15.9.